The molecule has 114 valence electrons. The minimum Gasteiger partial charge on any atom is -0.272 e. The lowest BCUT2D eigenvalue weighted by atomic mass is 10.2. The molecule has 0 aliphatic carbocycles. The number of nitrogens with zero attached hydrogens (tertiary/aromatic N) is 1. The first-order chi connectivity index (χ1) is 10.6. The van der Waals surface area contributed by atoms with Crippen LogP contribution in [-0.4, -0.2) is 17.4 Å². The van der Waals surface area contributed by atoms with E-state index in [4.69, 9.17) is 11.6 Å². The van der Waals surface area contributed by atoms with Gasteiger partial charge in [0.25, 0.3) is 5.91 Å². The molecule has 0 aliphatic heterocycles. The van der Waals surface area contributed by atoms with E-state index in [-0.39, 0.29) is 11.2 Å². The Balaban J connectivity index is 1.79. The zero-order valence-electron chi connectivity index (χ0n) is 12.2. The molecular weight excluding hydrogens is 316 g/mol. The summed E-state index contributed by atoms with van der Waals surface area (Å²) in [5.41, 5.74) is 4.60. The highest BCUT2D eigenvalue weighted by Gasteiger charge is 2.12. The van der Waals surface area contributed by atoms with Crippen molar-refractivity contribution in [3.8, 4) is 0 Å². The molecule has 0 fully saturated rings. The largest absolute Gasteiger partial charge is 0.272 e. The lowest BCUT2D eigenvalue weighted by Crippen LogP contribution is -2.26. The van der Waals surface area contributed by atoms with Gasteiger partial charge in [0.1, 0.15) is 0 Å². The maximum Gasteiger partial charge on any atom is 0.252 e. The number of nitrogens with one attached hydrogen (secondary N) is 1. The monoisotopic (exact) mass is 332 g/mol. The Morgan fingerprint density at radius 2 is 2.05 bits per heavy atom. The normalized spacial score (nSPS) is 12.3. The van der Waals surface area contributed by atoms with Gasteiger partial charge < -0.3 is 0 Å². The van der Waals surface area contributed by atoms with Gasteiger partial charge in [-0.3, -0.25) is 4.79 Å². The third-order valence-electron chi connectivity index (χ3n) is 2.95. The fourth-order valence-corrected chi connectivity index (χ4v) is 2.76. The van der Waals surface area contributed by atoms with Crippen molar-refractivity contribution in [2.45, 2.75) is 17.9 Å². The molecule has 1 N–H and O–H groups in total. The molecule has 0 saturated heterocycles. The highest BCUT2D eigenvalue weighted by atomic mass is 35.5. The summed E-state index contributed by atoms with van der Waals surface area (Å²) in [4.78, 5) is 11.9. The third kappa shape index (κ3) is 5.54. The molecule has 0 aliphatic rings. The number of amides is 1. The molecule has 2 aromatic rings. The second-order valence-corrected chi connectivity index (χ2v) is 6.49. The average molecular weight is 333 g/mol. The Bertz CT molecular complexity index is 646. The van der Waals surface area contributed by atoms with E-state index in [2.05, 4.69) is 22.7 Å². The zero-order valence-corrected chi connectivity index (χ0v) is 13.8. The standard InChI is InChI=1S/C17H17ClN2OS/c1-13(22-12-14-6-3-2-4-7-14)17(21)20-19-11-15-8-5-9-16(18)10-15/h2-11,13H,12H2,1H3,(H,20,21)/b19-11-/t13-/m0/s1. The number of carbonyl (C=O) groups excluding carboxylic acids is 1. The van der Waals surface area contributed by atoms with Crippen LogP contribution in [0.5, 0.6) is 0 Å². The van der Waals surface area contributed by atoms with Crippen molar-refractivity contribution in [1.29, 1.82) is 0 Å². The Labute approximate surface area is 139 Å². The summed E-state index contributed by atoms with van der Waals surface area (Å²) < 4.78 is 0. The summed E-state index contributed by atoms with van der Waals surface area (Å²) in [5.74, 6) is 0.687. The molecule has 0 saturated carbocycles. The SMILES string of the molecule is C[C@H](SCc1ccccc1)C(=O)N/N=C\c1cccc(Cl)c1. The minimum atomic E-state index is -0.170. The van der Waals surface area contributed by atoms with Crippen LogP contribution in [-0.2, 0) is 10.5 Å². The Hall–Kier alpha value is -1.78. The van der Waals surface area contributed by atoms with E-state index in [9.17, 15) is 4.79 Å². The van der Waals surface area contributed by atoms with E-state index in [1.807, 2.05) is 37.3 Å². The van der Waals surface area contributed by atoms with Gasteiger partial charge in [-0.2, -0.15) is 5.10 Å². The van der Waals surface area contributed by atoms with Gasteiger partial charge in [0.15, 0.2) is 0 Å². The molecule has 3 nitrogen and oxygen atoms in total. The molecule has 5 heteroatoms. The van der Waals surface area contributed by atoms with Crippen LogP contribution >= 0.6 is 23.4 Å². The topological polar surface area (TPSA) is 41.5 Å². The molecule has 0 aromatic heterocycles. The number of hydrogen-bond acceptors (Lipinski definition) is 3. The Morgan fingerprint density at radius 3 is 2.77 bits per heavy atom. The molecule has 1 atom stereocenters. The van der Waals surface area contributed by atoms with Gasteiger partial charge in [-0.15, -0.1) is 11.8 Å². The number of rotatable bonds is 6. The van der Waals surface area contributed by atoms with E-state index in [0.29, 0.717) is 5.02 Å². The fraction of sp³-hybridized carbons (Fsp3) is 0.176. The van der Waals surface area contributed by atoms with E-state index in [1.165, 1.54) is 5.56 Å². The summed E-state index contributed by atoms with van der Waals surface area (Å²) >= 11 is 7.46. The van der Waals surface area contributed by atoms with Crippen molar-refractivity contribution in [2.75, 3.05) is 0 Å². The van der Waals surface area contributed by atoms with E-state index in [1.54, 1.807) is 30.1 Å². The lowest BCUT2D eigenvalue weighted by molar-refractivity contribution is -0.120. The van der Waals surface area contributed by atoms with Crippen LogP contribution in [0, 0.1) is 0 Å². The molecular formula is C17H17ClN2OS. The van der Waals surface area contributed by atoms with Gasteiger partial charge in [-0.05, 0) is 30.2 Å². The molecule has 22 heavy (non-hydrogen) atoms. The maximum atomic E-state index is 11.9. The third-order valence-corrected chi connectivity index (χ3v) is 4.40. The first-order valence-electron chi connectivity index (χ1n) is 6.89. The molecule has 0 bridgehead atoms. The fourth-order valence-electron chi connectivity index (χ4n) is 1.72. The van der Waals surface area contributed by atoms with Gasteiger partial charge in [0.2, 0.25) is 0 Å². The molecule has 0 spiro atoms. The van der Waals surface area contributed by atoms with Crippen LogP contribution in [0.15, 0.2) is 59.7 Å². The second-order valence-electron chi connectivity index (χ2n) is 4.73. The first kappa shape index (κ1) is 16.6. The quantitative estimate of drug-likeness (QED) is 0.639. The van der Waals surface area contributed by atoms with Gasteiger partial charge in [-0.1, -0.05) is 54.1 Å². The first-order valence-corrected chi connectivity index (χ1v) is 8.32. The zero-order chi connectivity index (χ0) is 15.8. The Morgan fingerprint density at radius 1 is 1.27 bits per heavy atom. The summed E-state index contributed by atoms with van der Waals surface area (Å²) in [5, 5.41) is 4.43. The number of benzene rings is 2. The molecule has 0 heterocycles. The van der Waals surface area contributed by atoms with Crippen LogP contribution in [0.2, 0.25) is 5.02 Å². The highest BCUT2D eigenvalue weighted by Crippen LogP contribution is 2.17. The highest BCUT2D eigenvalue weighted by molar-refractivity contribution is 7.99. The van der Waals surface area contributed by atoms with Crippen LogP contribution in [0.4, 0.5) is 0 Å². The lowest BCUT2D eigenvalue weighted by Gasteiger charge is -2.09. The van der Waals surface area contributed by atoms with Crippen LogP contribution in [0.1, 0.15) is 18.1 Å². The summed E-state index contributed by atoms with van der Waals surface area (Å²) in [6.45, 7) is 1.87. The number of carbonyl (C=O) groups is 1. The van der Waals surface area contributed by atoms with Crippen molar-refractivity contribution in [1.82, 2.24) is 5.43 Å². The van der Waals surface area contributed by atoms with Gasteiger partial charge in [0.05, 0.1) is 11.5 Å². The van der Waals surface area contributed by atoms with Crippen LogP contribution in [0.25, 0.3) is 0 Å². The van der Waals surface area contributed by atoms with E-state index >= 15 is 0 Å². The van der Waals surface area contributed by atoms with Crippen molar-refractivity contribution in [3.05, 3.63) is 70.7 Å². The summed E-state index contributed by atoms with van der Waals surface area (Å²) in [7, 11) is 0. The minimum absolute atomic E-state index is 0.112. The molecule has 2 aromatic carbocycles. The maximum absolute atomic E-state index is 11.9. The average Bonchev–Trinajstić information content (AvgIpc) is 2.53. The predicted molar refractivity (Wildman–Crippen MR) is 94.4 cm³/mol. The van der Waals surface area contributed by atoms with Crippen molar-refractivity contribution < 1.29 is 4.79 Å². The van der Waals surface area contributed by atoms with Gasteiger partial charge in [-0.25, -0.2) is 5.43 Å². The van der Waals surface area contributed by atoms with Crippen molar-refractivity contribution >= 4 is 35.5 Å². The number of hydrazone groups is 1. The number of halogens is 1. The molecule has 0 unspecified atom stereocenters. The molecule has 0 radical (unpaired) electrons. The van der Waals surface area contributed by atoms with Crippen LogP contribution < -0.4 is 5.43 Å². The molecule has 1 amide bonds. The van der Waals surface area contributed by atoms with E-state index in [0.717, 1.165) is 11.3 Å². The molecule has 2 rings (SSSR count). The summed E-state index contributed by atoms with van der Waals surface area (Å²) in [6.07, 6.45) is 1.58. The van der Waals surface area contributed by atoms with Crippen molar-refractivity contribution in [2.24, 2.45) is 5.10 Å². The van der Waals surface area contributed by atoms with E-state index < -0.39 is 0 Å². The van der Waals surface area contributed by atoms with Crippen LogP contribution in [0.3, 0.4) is 0 Å². The number of hydrogen-bond donors (Lipinski definition) is 1. The Kier molecular flexibility index (Phi) is 6.49. The second kappa shape index (κ2) is 8.61. The van der Waals surface area contributed by atoms with Crippen molar-refractivity contribution in [3.63, 3.8) is 0 Å². The smallest absolute Gasteiger partial charge is 0.252 e. The van der Waals surface area contributed by atoms with Gasteiger partial charge in [0, 0.05) is 10.8 Å². The summed E-state index contributed by atoms with van der Waals surface area (Å²) in [6, 6.07) is 17.4. The number of thioether (sulfide) groups is 1. The predicted octanol–water partition coefficient (Wildman–Crippen LogP) is 4.11. The van der Waals surface area contributed by atoms with Gasteiger partial charge >= 0.3 is 0 Å².